The molecule has 11 nitrogen and oxygen atoms in total. The van der Waals surface area contributed by atoms with Crippen molar-refractivity contribution in [1.82, 2.24) is 5.32 Å². The number of carbonyl (C=O) groups is 2. The number of unbranched alkanes of at least 4 members (excludes halogenated alkanes) is 29. The Morgan fingerprint density at radius 2 is 0.899 bits per heavy atom. The summed E-state index contributed by atoms with van der Waals surface area (Å²) in [6, 6.07) is -0.844. The standard InChI is InChI=1S/C68H119NO10/c1-3-5-7-9-11-13-15-16-17-18-27-30-33-36-40-44-48-52-56-64(73)77-57-53-49-45-41-37-34-31-28-25-23-21-19-20-22-24-26-29-32-35-39-43-47-51-55-63(72)69-60(59-78-68-67(76)66(75)65(74)62(58-70)79-68)61(71)54-50-46-42-38-14-12-10-8-6-4-2/h6,8,13-15,17-19,21-22,24,38,50,54,60-62,65-68,70-71,74-76H,3-5,7,9-12,16,20,23,25-37,39-49,51-53,55-59H2,1-2H3,(H,69,72)/b8-6+,15-13-,18-17-,21-19-,24-22-,38-14+,54-50+. The molecular formula is C68H119NO10. The molecule has 0 bridgehead atoms. The molecule has 0 aliphatic carbocycles. The van der Waals surface area contributed by atoms with Gasteiger partial charge < -0.3 is 45.1 Å². The van der Waals surface area contributed by atoms with E-state index in [1.165, 1.54) is 135 Å². The molecule has 0 saturated carbocycles. The van der Waals surface area contributed by atoms with Crippen LogP contribution in [0.4, 0.5) is 0 Å². The van der Waals surface area contributed by atoms with Crippen LogP contribution in [0, 0.1) is 0 Å². The summed E-state index contributed by atoms with van der Waals surface area (Å²) in [4.78, 5) is 25.1. The zero-order valence-corrected chi connectivity index (χ0v) is 50.3. The molecule has 1 heterocycles. The van der Waals surface area contributed by atoms with Crippen molar-refractivity contribution in [2.45, 2.75) is 314 Å². The topological polar surface area (TPSA) is 175 Å². The molecular weight excluding hydrogens is 991 g/mol. The average molecular weight is 1110 g/mol. The van der Waals surface area contributed by atoms with Crippen molar-refractivity contribution < 1.29 is 49.3 Å². The number of nitrogens with one attached hydrogen (secondary N) is 1. The molecule has 0 aromatic heterocycles. The van der Waals surface area contributed by atoms with E-state index in [2.05, 4.69) is 92.1 Å². The number of aliphatic hydroxyl groups is 5. The van der Waals surface area contributed by atoms with Crippen molar-refractivity contribution in [3.05, 3.63) is 85.1 Å². The SMILES string of the molecule is CC/C=C/CC/C=C/CC/C=C/C(O)C(COC1OC(CO)C(O)C(O)C1O)NC(=O)CCCCCCCCC/C=C\C/C=C\CCCCCCCCCCCOC(=O)CCCCCCCCC/C=C\C/C=C\CCCCCC. The second kappa shape index (κ2) is 56.7. The number of carbonyl (C=O) groups excluding carboxylic acids is 2. The summed E-state index contributed by atoms with van der Waals surface area (Å²) >= 11 is 0. The number of allylic oxidation sites excluding steroid dienone is 13. The summed E-state index contributed by atoms with van der Waals surface area (Å²) < 4.78 is 16.7. The molecule has 11 heteroatoms. The minimum Gasteiger partial charge on any atom is -0.466 e. The first kappa shape index (κ1) is 73.9. The van der Waals surface area contributed by atoms with Crippen LogP contribution in [0.3, 0.4) is 0 Å². The number of esters is 1. The van der Waals surface area contributed by atoms with E-state index in [4.69, 9.17) is 14.2 Å². The highest BCUT2D eigenvalue weighted by atomic mass is 16.7. The smallest absolute Gasteiger partial charge is 0.305 e. The van der Waals surface area contributed by atoms with Crippen LogP contribution in [0.2, 0.25) is 0 Å². The maximum atomic E-state index is 13.0. The van der Waals surface area contributed by atoms with Crippen molar-refractivity contribution >= 4 is 11.9 Å². The molecule has 456 valence electrons. The van der Waals surface area contributed by atoms with Gasteiger partial charge in [0.15, 0.2) is 6.29 Å². The highest BCUT2D eigenvalue weighted by Gasteiger charge is 2.44. The van der Waals surface area contributed by atoms with E-state index >= 15 is 0 Å². The van der Waals surface area contributed by atoms with E-state index in [1.807, 2.05) is 6.08 Å². The van der Waals surface area contributed by atoms with Gasteiger partial charge in [-0.25, -0.2) is 0 Å². The van der Waals surface area contributed by atoms with Crippen LogP contribution in [-0.2, 0) is 23.8 Å². The second-order valence-electron chi connectivity index (χ2n) is 22.1. The second-order valence-corrected chi connectivity index (χ2v) is 22.1. The van der Waals surface area contributed by atoms with Crippen molar-refractivity contribution in [2.75, 3.05) is 19.8 Å². The van der Waals surface area contributed by atoms with Gasteiger partial charge in [-0.15, -0.1) is 0 Å². The van der Waals surface area contributed by atoms with Crippen LogP contribution in [0.5, 0.6) is 0 Å². The Labute approximate surface area is 483 Å². The fraction of sp³-hybridized carbons (Fsp3) is 0.765. The summed E-state index contributed by atoms with van der Waals surface area (Å²) in [6.45, 7) is 4.16. The fourth-order valence-corrected chi connectivity index (χ4v) is 9.59. The maximum absolute atomic E-state index is 13.0. The lowest BCUT2D eigenvalue weighted by molar-refractivity contribution is -0.302. The Morgan fingerprint density at radius 1 is 0.481 bits per heavy atom. The molecule has 1 aliphatic heterocycles. The van der Waals surface area contributed by atoms with Gasteiger partial charge >= 0.3 is 5.97 Å². The molecule has 1 fully saturated rings. The highest BCUT2D eigenvalue weighted by molar-refractivity contribution is 5.76. The van der Waals surface area contributed by atoms with Gasteiger partial charge in [0.25, 0.3) is 0 Å². The van der Waals surface area contributed by atoms with Crippen molar-refractivity contribution in [3.63, 3.8) is 0 Å². The van der Waals surface area contributed by atoms with Gasteiger partial charge in [-0.1, -0.05) is 227 Å². The monoisotopic (exact) mass is 1110 g/mol. The van der Waals surface area contributed by atoms with Gasteiger partial charge in [0.2, 0.25) is 5.91 Å². The third-order valence-electron chi connectivity index (χ3n) is 14.7. The zero-order chi connectivity index (χ0) is 57.3. The number of rotatable bonds is 55. The summed E-state index contributed by atoms with van der Waals surface area (Å²) in [5, 5.41) is 54.2. The highest BCUT2D eigenvalue weighted by Crippen LogP contribution is 2.23. The molecule has 1 rings (SSSR count). The molecule has 6 N–H and O–H groups in total. The molecule has 79 heavy (non-hydrogen) atoms. The van der Waals surface area contributed by atoms with Crippen molar-refractivity contribution in [3.8, 4) is 0 Å². The Bertz CT molecular complexity index is 1590. The quantitative estimate of drug-likeness (QED) is 0.0195. The minimum absolute atomic E-state index is 0.0139. The molecule has 0 aromatic carbocycles. The molecule has 7 unspecified atom stereocenters. The third-order valence-corrected chi connectivity index (χ3v) is 14.7. The summed E-state index contributed by atoms with van der Waals surface area (Å²) in [7, 11) is 0. The van der Waals surface area contributed by atoms with E-state index < -0.39 is 49.5 Å². The lowest BCUT2D eigenvalue weighted by atomic mass is 9.99. The minimum atomic E-state index is -1.58. The lowest BCUT2D eigenvalue weighted by Crippen LogP contribution is -2.60. The third kappa shape index (κ3) is 46.1. The van der Waals surface area contributed by atoms with Gasteiger partial charge in [0.1, 0.15) is 24.4 Å². The number of aliphatic hydroxyl groups excluding tert-OH is 5. The predicted molar refractivity (Wildman–Crippen MR) is 329 cm³/mol. The molecule has 7 atom stereocenters. The molecule has 1 amide bonds. The van der Waals surface area contributed by atoms with Crippen LogP contribution < -0.4 is 5.32 Å². The van der Waals surface area contributed by atoms with Gasteiger partial charge in [-0.3, -0.25) is 9.59 Å². The fourth-order valence-electron chi connectivity index (χ4n) is 9.59. The Hall–Kier alpha value is -3.16. The maximum Gasteiger partial charge on any atom is 0.305 e. The van der Waals surface area contributed by atoms with E-state index in [9.17, 15) is 35.1 Å². The molecule has 1 aliphatic rings. The predicted octanol–water partition coefficient (Wildman–Crippen LogP) is 15.7. The van der Waals surface area contributed by atoms with Crippen LogP contribution in [-0.4, -0.2) is 100 Å². The molecule has 0 aromatic rings. The normalized spacial score (nSPS) is 19.0. The lowest BCUT2D eigenvalue weighted by Gasteiger charge is -2.40. The zero-order valence-electron chi connectivity index (χ0n) is 50.3. The largest absolute Gasteiger partial charge is 0.466 e. The van der Waals surface area contributed by atoms with Crippen LogP contribution in [0.1, 0.15) is 271 Å². The number of hydrogen-bond donors (Lipinski definition) is 6. The van der Waals surface area contributed by atoms with E-state index in [0.29, 0.717) is 25.9 Å². The van der Waals surface area contributed by atoms with Crippen molar-refractivity contribution in [1.29, 1.82) is 0 Å². The summed E-state index contributed by atoms with van der Waals surface area (Å²) in [6.07, 6.45) is 67.1. The van der Waals surface area contributed by atoms with Gasteiger partial charge in [0.05, 0.1) is 32.0 Å². The number of ether oxygens (including phenoxy) is 3. The first-order chi connectivity index (χ1) is 38.7. The van der Waals surface area contributed by atoms with Gasteiger partial charge in [0, 0.05) is 12.8 Å². The average Bonchev–Trinajstić information content (AvgIpc) is 3.51. The van der Waals surface area contributed by atoms with Crippen LogP contribution in [0.25, 0.3) is 0 Å². The number of amides is 1. The molecule has 0 radical (unpaired) electrons. The summed E-state index contributed by atoms with van der Waals surface area (Å²) in [5.74, 6) is -0.225. The van der Waals surface area contributed by atoms with Crippen LogP contribution in [0.15, 0.2) is 85.1 Å². The van der Waals surface area contributed by atoms with E-state index in [1.54, 1.807) is 6.08 Å². The Kier molecular flexibility index (Phi) is 53.0. The summed E-state index contributed by atoms with van der Waals surface area (Å²) in [5.41, 5.74) is 0. The number of hydrogen-bond acceptors (Lipinski definition) is 10. The molecule has 1 saturated heterocycles. The molecule has 0 spiro atoms. The Balaban J connectivity index is 2.01. The van der Waals surface area contributed by atoms with Crippen molar-refractivity contribution in [2.24, 2.45) is 0 Å². The van der Waals surface area contributed by atoms with Gasteiger partial charge in [-0.05, 0) is 116 Å². The Morgan fingerprint density at radius 3 is 1.38 bits per heavy atom. The van der Waals surface area contributed by atoms with Gasteiger partial charge in [-0.2, -0.15) is 0 Å². The first-order valence-electron chi connectivity index (χ1n) is 32.4. The van der Waals surface area contributed by atoms with E-state index in [-0.39, 0.29) is 18.5 Å². The van der Waals surface area contributed by atoms with E-state index in [0.717, 1.165) is 103 Å². The van der Waals surface area contributed by atoms with Crippen LogP contribution >= 0.6 is 0 Å². The first-order valence-corrected chi connectivity index (χ1v) is 32.4.